The Morgan fingerprint density at radius 3 is 2.63 bits per heavy atom. The molecule has 3 aromatic rings. The van der Waals surface area contributed by atoms with Gasteiger partial charge in [-0.15, -0.1) is 0 Å². The molecule has 0 aliphatic carbocycles. The molecular formula is C22H24N2O3. The van der Waals surface area contributed by atoms with Crippen LogP contribution in [0.5, 0.6) is 0 Å². The zero-order valence-electron chi connectivity index (χ0n) is 15.9. The summed E-state index contributed by atoms with van der Waals surface area (Å²) in [6, 6.07) is 14.8. The number of carbonyl (C=O) groups excluding carboxylic acids is 1. The molecule has 1 aromatic carbocycles. The maximum absolute atomic E-state index is 12.8. The number of nitrogens with zero attached hydrogens (tertiary/aromatic N) is 2. The van der Waals surface area contributed by atoms with Crippen LogP contribution in [0.15, 0.2) is 59.5 Å². The van der Waals surface area contributed by atoms with E-state index in [9.17, 15) is 9.59 Å². The molecule has 3 rings (SSSR count). The number of fused-ring (bicyclic) bond motifs is 1. The van der Waals surface area contributed by atoms with E-state index in [1.807, 2.05) is 50.2 Å². The second-order valence-corrected chi connectivity index (χ2v) is 6.90. The predicted octanol–water partition coefficient (Wildman–Crippen LogP) is 3.88. The molecule has 0 N–H and O–H groups in total. The van der Waals surface area contributed by atoms with Crippen molar-refractivity contribution in [2.24, 2.45) is 5.92 Å². The van der Waals surface area contributed by atoms with Crippen LogP contribution in [0, 0.1) is 12.8 Å². The van der Waals surface area contributed by atoms with E-state index in [1.165, 1.54) is 10.5 Å². The molecule has 0 bridgehead atoms. The Balaban J connectivity index is 1.80. The third kappa shape index (κ3) is 4.25. The molecule has 0 spiro atoms. The average Bonchev–Trinajstić information content (AvgIpc) is 2.68. The smallest absolute Gasteiger partial charge is 0.314 e. The van der Waals surface area contributed by atoms with Crippen LogP contribution >= 0.6 is 0 Å². The van der Waals surface area contributed by atoms with Crippen molar-refractivity contribution in [3.8, 4) is 0 Å². The monoisotopic (exact) mass is 364 g/mol. The lowest BCUT2D eigenvalue weighted by Gasteiger charge is -2.21. The van der Waals surface area contributed by atoms with Gasteiger partial charge in [-0.3, -0.25) is 14.0 Å². The average molecular weight is 364 g/mol. The summed E-state index contributed by atoms with van der Waals surface area (Å²) in [6.07, 6.45) is 2.61. The molecule has 0 aliphatic heterocycles. The first-order valence-electron chi connectivity index (χ1n) is 9.20. The number of aromatic nitrogens is 2. The molecule has 5 nitrogen and oxygen atoms in total. The number of hydrogen-bond acceptors (Lipinski definition) is 4. The molecule has 0 saturated carbocycles. The lowest BCUT2D eigenvalue weighted by Crippen LogP contribution is -2.23. The normalized spacial score (nSPS) is 13.3. The number of esters is 1. The van der Waals surface area contributed by atoms with E-state index in [1.54, 1.807) is 12.3 Å². The Kier molecular flexibility index (Phi) is 5.69. The Hall–Kier alpha value is -2.95. The summed E-state index contributed by atoms with van der Waals surface area (Å²) in [7, 11) is 0. The molecular weight excluding hydrogens is 340 g/mol. The van der Waals surface area contributed by atoms with Crippen LogP contribution in [0.4, 0.5) is 0 Å². The van der Waals surface area contributed by atoms with Crippen LogP contribution in [0.2, 0.25) is 0 Å². The largest absolute Gasteiger partial charge is 0.459 e. The van der Waals surface area contributed by atoms with Crippen molar-refractivity contribution in [2.75, 3.05) is 0 Å². The van der Waals surface area contributed by atoms with Gasteiger partial charge in [-0.1, -0.05) is 56.7 Å². The minimum absolute atomic E-state index is 0.0157. The second kappa shape index (κ2) is 8.16. The summed E-state index contributed by atoms with van der Waals surface area (Å²) in [5, 5.41) is 0. The maximum Gasteiger partial charge on any atom is 0.314 e. The van der Waals surface area contributed by atoms with Crippen molar-refractivity contribution < 1.29 is 9.53 Å². The number of rotatable bonds is 6. The van der Waals surface area contributed by atoms with Crippen LogP contribution in [-0.4, -0.2) is 15.4 Å². The molecule has 140 valence electrons. The molecule has 0 radical (unpaired) electrons. The summed E-state index contributed by atoms with van der Waals surface area (Å²) >= 11 is 0. The van der Waals surface area contributed by atoms with E-state index in [2.05, 4.69) is 11.9 Å². The second-order valence-electron chi connectivity index (χ2n) is 6.90. The molecule has 0 aliphatic rings. The maximum atomic E-state index is 12.8. The summed E-state index contributed by atoms with van der Waals surface area (Å²) in [5.41, 5.74) is 2.73. The highest BCUT2D eigenvalue weighted by molar-refractivity contribution is 5.78. The van der Waals surface area contributed by atoms with Crippen molar-refractivity contribution >= 4 is 11.6 Å². The summed E-state index contributed by atoms with van der Waals surface area (Å²) in [4.78, 5) is 29.5. The Labute approximate surface area is 158 Å². The van der Waals surface area contributed by atoms with Gasteiger partial charge in [-0.2, -0.15) is 0 Å². The SMILES string of the molecule is CCC(C)C(C(=O)OCc1cc(=O)n2cc(C)ccc2n1)c1ccccc1. The topological polar surface area (TPSA) is 60.7 Å². The fraction of sp³-hybridized carbons (Fsp3) is 0.318. The third-order valence-electron chi connectivity index (χ3n) is 4.85. The van der Waals surface area contributed by atoms with Crippen LogP contribution in [-0.2, 0) is 16.1 Å². The molecule has 2 atom stereocenters. The lowest BCUT2D eigenvalue weighted by atomic mass is 9.86. The molecule has 0 fully saturated rings. The zero-order chi connectivity index (χ0) is 19.4. The summed E-state index contributed by atoms with van der Waals surface area (Å²) < 4.78 is 7.04. The number of pyridine rings is 1. The van der Waals surface area contributed by atoms with E-state index < -0.39 is 0 Å². The number of benzene rings is 1. The van der Waals surface area contributed by atoms with Gasteiger partial charge < -0.3 is 4.74 Å². The van der Waals surface area contributed by atoms with E-state index >= 15 is 0 Å². The predicted molar refractivity (Wildman–Crippen MR) is 105 cm³/mol. The van der Waals surface area contributed by atoms with Crippen LogP contribution < -0.4 is 5.56 Å². The quantitative estimate of drug-likeness (QED) is 0.623. The molecule has 5 heteroatoms. The van der Waals surface area contributed by atoms with Crippen molar-refractivity contribution in [1.29, 1.82) is 0 Å². The number of hydrogen-bond donors (Lipinski definition) is 0. The third-order valence-corrected chi connectivity index (χ3v) is 4.85. The minimum atomic E-state index is -0.333. The first-order valence-corrected chi connectivity index (χ1v) is 9.20. The zero-order valence-corrected chi connectivity index (χ0v) is 15.9. The molecule has 27 heavy (non-hydrogen) atoms. The summed E-state index contributed by atoms with van der Waals surface area (Å²) in [5.74, 6) is -0.472. The van der Waals surface area contributed by atoms with Gasteiger partial charge in [0.1, 0.15) is 12.3 Å². The Morgan fingerprint density at radius 1 is 1.19 bits per heavy atom. The van der Waals surface area contributed by atoms with Gasteiger partial charge in [-0.25, -0.2) is 4.98 Å². The van der Waals surface area contributed by atoms with Gasteiger partial charge in [0, 0.05) is 12.3 Å². The van der Waals surface area contributed by atoms with E-state index in [0.29, 0.717) is 11.3 Å². The highest BCUT2D eigenvalue weighted by Crippen LogP contribution is 2.28. The Morgan fingerprint density at radius 2 is 1.93 bits per heavy atom. The van der Waals surface area contributed by atoms with Gasteiger partial charge in [0.15, 0.2) is 0 Å². The molecule has 2 aromatic heterocycles. The highest BCUT2D eigenvalue weighted by atomic mass is 16.5. The highest BCUT2D eigenvalue weighted by Gasteiger charge is 2.27. The molecule has 2 unspecified atom stereocenters. The van der Waals surface area contributed by atoms with Crippen molar-refractivity contribution in [1.82, 2.24) is 9.38 Å². The molecule has 2 heterocycles. The van der Waals surface area contributed by atoms with Gasteiger partial charge in [0.05, 0.1) is 11.6 Å². The van der Waals surface area contributed by atoms with E-state index in [0.717, 1.165) is 17.5 Å². The van der Waals surface area contributed by atoms with Gasteiger partial charge in [0.2, 0.25) is 0 Å². The minimum Gasteiger partial charge on any atom is -0.459 e. The van der Waals surface area contributed by atoms with Gasteiger partial charge in [0.25, 0.3) is 5.56 Å². The van der Waals surface area contributed by atoms with E-state index in [-0.39, 0.29) is 30.0 Å². The van der Waals surface area contributed by atoms with E-state index in [4.69, 9.17) is 4.74 Å². The van der Waals surface area contributed by atoms with Gasteiger partial charge in [-0.05, 0) is 30.0 Å². The first-order chi connectivity index (χ1) is 13.0. The standard InChI is InChI=1S/C22H24N2O3/c1-4-16(3)21(17-8-6-5-7-9-17)22(26)27-14-18-12-20(25)24-13-15(2)10-11-19(24)23-18/h5-13,16,21H,4,14H2,1-3H3. The van der Waals surface area contributed by atoms with Crippen LogP contribution in [0.3, 0.4) is 0 Å². The molecule has 0 saturated heterocycles. The van der Waals surface area contributed by atoms with Crippen LogP contribution in [0.1, 0.15) is 43.0 Å². The van der Waals surface area contributed by atoms with Crippen molar-refractivity contribution in [2.45, 2.75) is 39.7 Å². The van der Waals surface area contributed by atoms with Gasteiger partial charge >= 0.3 is 5.97 Å². The number of carbonyl (C=O) groups is 1. The number of aryl methyl sites for hydroxylation is 1. The fourth-order valence-corrected chi connectivity index (χ4v) is 3.16. The number of ether oxygens (including phenoxy) is 1. The van der Waals surface area contributed by atoms with Crippen molar-refractivity contribution in [3.05, 3.63) is 81.9 Å². The fourth-order valence-electron chi connectivity index (χ4n) is 3.16. The lowest BCUT2D eigenvalue weighted by molar-refractivity contribution is -0.148. The van der Waals surface area contributed by atoms with Crippen molar-refractivity contribution in [3.63, 3.8) is 0 Å². The molecule has 0 amide bonds. The summed E-state index contributed by atoms with van der Waals surface area (Å²) in [6.45, 7) is 6.00. The van der Waals surface area contributed by atoms with Crippen LogP contribution in [0.25, 0.3) is 5.65 Å². The Bertz CT molecular complexity index is 995. The first kappa shape index (κ1) is 18.8.